The summed E-state index contributed by atoms with van der Waals surface area (Å²) >= 11 is 0. The van der Waals surface area contributed by atoms with Crippen LogP contribution in [0.2, 0.25) is 0 Å². The van der Waals surface area contributed by atoms with Crippen molar-refractivity contribution in [2.75, 3.05) is 13.1 Å². The number of carboxylic acids is 1. The van der Waals surface area contributed by atoms with Gasteiger partial charge in [-0.15, -0.1) is 0 Å². The average molecular weight is 228 g/mol. The van der Waals surface area contributed by atoms with Gasteiger partial charge in [0.1, 0.15) is 6.04 Å². The van der Waals surface area contributed by atoms with E-state index in [1.54, 1.807) is 0 Å². The van der Waals surface area contributed by atoms with Gasteiger partial charge in [0, 0.05) is 13.1 Å². The van der Waals surface area contributed by atoms with Gasteiger partial charge >= 0.3 is 12.0 Å². The third kappa shape index (κ3) is 3.40. The molecule has 1 atom stereocenters. The van der Waals surface area contributed by atoms with E-state index in [9.17, 15) is 9.59 Å². The van der Waals surface area contributed by atoms with Crippen LogP contribution in [0.25, 0.3) is 0 Å². The Morgan fingerprint density at radius 2 is 2.06 bits per heavy atom. The summed E-state index contributed by atoms with van der Waals surface area (Å²) in [6, 6.07) is -0.917. The molecule has 0 radical (unpaired) electrons. The molecular formula is C11H20N2O3. The molecule has 2 amide bonds. The number of aliphatic carboxylic acids is 1. The molecule has 1 unspecified atom stereocenters. The molecule has 0 saturated carbocycles. The Labute approximate surface area is 95.8 Å². The molecule has 0 spiro atoms. The van der Waals surface area contributed by atoms with E-state index in [0.29, 0.717) is 19.5 Å². The standard InChI is InChI=1S/C11H20N2O3/c1-11(2,3)7-12-10(16)13-6-4-5-8(13)9(14)15/h8H,4-7H2,1-3H3,(H,12,16)(H,14,15). The van der Waals surface area contributed by atoms with Gasteiger partial charge in [-0.1, -0.05) is 20.8 Å². The number of rotatable bonds is 2. The predicted octanol–water partition coefficient (Wildman–Crippen LogP) is 1.29. The number of hydrogen-bond donors (Lipinski definition) is 2. The summed E-state index contributed by atoms with van der Waals surface area (Å²) in [4.78, 5) is 24.1. The number of amides is 2. The Kier molecular flexibility index (Phi) is 3.78. The summed E-state index contributed by atoms with van der Waals surface area (Å²) in [5.74, 6) is -0.914. The van der Waals surface area contributed by atoms with Gasteiger partial charge in [-0.2, -0.15) is 0 Å². The lowest BCUT2D eigenvalue weighted by atomic mass is 9.97. The fraction of sp³-hybridized carbons (Fsp3) is 0.818. The van der Waals surface area contributed by atoms with Gasteiger partial charge in [0.15, 0.2) is 0 Å². The van der Waals surface area contributed by atoms with Crippen LogP contribution in [-0.4, -0.2) is 41.1 Å². The first-order valence-electron chi connectivity index (χ1n) is 5.58. The maximum absolute atomic E-state index is 11.8. The van der Waals surface area contributed by atoms with E-state index < -0.39 is 12.0 Å². The summed E-state index contributed by atoms with van der Waals surface area (Å²) in [5.41, 5.74) is 0.00804. The summed E-state index contributed by atoms with van der Waals surface area (Å²) in [6.07, 6.45) is 1.32. The number of likely N-dealkylation sites (tertiary alicyclic amines) is 1. The lowest BCUT2D eigenvalue weighted by Gasteiger charge is -2.25. The highest BCUT2D eigenvalue weighted by atomic mass is 16.4. The molecule has 1 aliphatic rings. The van der Waals surface area contributed by atoms with Gasteiger partial charge in [0.25, 0.3) is 0 Å². The van der Waals surface area contributed by atoms with Crippen molar-refractivity contribution < 1.29 is 14.7 Å². The number of hydrogen-bond acceptors (Lipinski definition) is 2. The SMILES string of the molecule is CC(C)(C)CNC(=O)N1CCCC1C(=O)O. The molecule has 2 N–H and O–H groups in total. The minimum absolute atomic E-state index is 0.00804. The van der Waals surface area contributed by atoms with Crippen LogP contribution in [0.15, 0.2) is 0 Å². The normalized spacial score (nSPS) is 20.9. The Hall–Kier alpha value is -1.26. The zero-order valence-corrected chi connectivity index (χ0v) is 10.1. The largest absolute Gasteiger partial charge is 0.480 e. The number of carbonyl (C=O) groups excluding carboxylic acids is 1. The van der Waals surface area contributed by atoms with E-state index >= 15 is 0 Å². The van der Waals surface area contributed by atoms with Crippen LogP contribution in [0.3, 0.4) is 0 Å². The Bertz CT molecular complexity index is 283. The topological polar surface area (TPSA) is 69.6 Å². The minimum atomic E-state index is -0.914. The highest BCUT2D eigenvalue weighted by Gasteiger charge is 2.34. The number of carboxylic acid groups (broad SMARTS) is 1. The molecule has 1 saturated heterocycles. The van der Waals surface area contributed by atoms with Crippen molar-refractivity contribution in [2.24, 2.45) is 5.41 Å². The molecule has 1 aliphatic heterocycles. The van der Waals surface area contributed by atoms with E-state index in [0.717, 1.165) is 6.42 Å². The molecule has 0 aromatic carbocycles. The predicted molar refractivity (Wildman–Crippen MR) is 60.2 cm³/mol. The lowest BCUT2D eigenvalue weighted by molar-refractivity contribution is -0.141. The first kappa shape index (κ1) is 12.8. The van der Waals surface area contributed by atoms with Crippen molar-refractivity contribution in [1.29, 1.82) is 0 Å². The first-order chi connectivity index (χ1) is 7.31. The number of nitrogens with zero attached hydrogens (tertiary/aromatic N) is 1. The monoisotopic (exact) mass is 228 g/mol. The van der Waals surface area contributed by atoms with Crippen molar-refractivity contribution in [3.05, 3.63) is 0 Å². The van der Waals surface area contributed by atoms with Crippen LogP contribution >= 0.6 is 0 Å². The second-order valence-corrected chi connectivity index (χ2v) is 5.41. The maximum atomic E-state index is 11.8. The third-order valence-corrected chi connectivity index (χ3v) is 2.57. The van der Waals surface area contributed by atoms with E-state index in [2.05, 4.69) is 5.32 Å². The van der Waals surface area contributed by atoms with Gasteiger partial charge in [0.05, 0.1) is 0 Å². The first-order valence-corrected chi connectivity index (χ1v) is 5.58. The molecule has 5 nitrogen and oxygen atoms in total. The summed E-state index contributed by atoms with van der Waals surface area (Å²) in [6.45, 7) is 7.14. The zero-order valence-electron chi connectivity index (χ0n) is 10.1. The van der Waals surface area contributed by atoms with Gasteiger partial charge < -0.3 is 15.3 Å². The minimum Gasteiger partial charge on any atom is -0.480 e. The highest BCUT2D eigenvalue weighted by molar-refractivity contribution is 5.83. The molecule has 0 aromatic rings. The second kappa shape index (κ2) is 4.72. The molecule has 92 valence electrons. The van der Waals surface area contributed by atoms with Gasteiger partial charge in [-0.3, -0.25) is 0 Å². The Balaban J connectivity index is 2.50. The Morgan fingerprint density at radius 3 is 2.56 bits per heavy atom. The van der Waals surface area contributed by atoms with Crippen LogP contribution in [-0.2, 0) is 4.79 Å². The second-order valence-electron chi connectivity index (χ2n) is 5.41. The van der Waals surface area contributed by atoms with Crippen LogP contribution in [0, 0.1) is 5.41 Å². The van der Waals surface area contributed by atoms with Crippen LogP contribution in [0.4, 0.5) is 4.79 Å². The maximum Gasteiger partial charge on any atom is 0.326 e. The molecule has 0 bridgehead atoms. The van der Waals surface area contributed by atoms with Crippen LogP contribution in [0.5, 0.6) is 0 Å². The molecule has 0 aromatic heterocycles. The number of nitrogens with one attached hydrogen (secondary N) is 1. The molecular weight excluding hydrogens is 208 g/mol. The van der Waals surface area contributed by atoms with Crippen molar-refractivity contribution in [1.82, 2.24) is 10.2 Å². The van der Waals surface area contributed by atoms with Crippen LogP contribution in [0.1, 0.15) is 33.6 Å². The molecule has 5 heteroatoms. The van der Waals surface area contributed by atoms with E-state index in [1.165, 1.54) is 4.90 Å². The number of carbonyl (C=O) groups is 2. The zero-order chi connectivity index (χ0) is 12.3. The van der Waals surface area contributed by atoms with Gasteiger partial charge in [-0.05, 0) is 18.3 Å². The van der Waals surface area contributed by atoms with Crippen molar-refractivity contribution in [3.8, 4) is 0 Å². The van der Waals surface area contributed by atoms with Crippen molar-refractivity contribution in [3.63, 3.8) is 0 Å². The van der Waals surface area contributed by atoms with E-state index in [-0.39, 0.29) is 11.4 Å². The van der Waals surface area contributed by atoms with Crippen LogP contribution < -0.4 is 5.32 Å². The smallest absolute Gasteiger partial charge is 0.326 e. The summed E-state index contributed by atoms with van der Waals surface area (Å²) < 4.78 is 0. The lowest BCUT2D eigenvalue weighted by Crippen LogP contribution is -2.47. The van der Waals surface area contributed by atoms with Crippen molar-refractivity contribution >= 4 is 12.0 Å². The molecule has 1 rings (SSSR count). The fourth-order valence-corrected chi connectivity index (χ4v) is 1.71. The van der Waals surface area contributed by atoms with Crippen molar-refractivity contribution in [2.45, 2.75) is 39.7 Å². The molecule has 1 heterocycles. The Morgan fingerprint density at radius 1 is 1.44 bits per heavy atom. The fourth-order valence-electron chi connectivity index (χ4n) is 1.71. The molecule has 1 fully saturated rings. The van der Waals surface area contributed by atoms with E-state index in [1.807, 2.05) is 20.8 Å². The highest BCUT2D eigenvalue weighted by Crippen LogP contribution is 2.18. The van der Waals surface area contributed by atoms with Gasteiger partial charge in [-0.25, -0.2) is 9.59 Å². The molecule has 16 heavy (non-hydrogen) atoms. The summed E-state index contributed by atoms with van der Waals surface area (Å²) in [7, 11) is 0. The number of urea groups is 1. The average Bonchev–Trinajstić information content (AvgIpc) is 2.61. The molecule has 0 aliphatic carbocycles. The van der Waals surface area contributed by atoms with E-state index in [4.69, 9.17) is 5.11 Å². The quantitative estimate of drug-likeness (QED) is 0.748. The third-order valence-electron chi connectivity index (χ3n) is 2.57. The van der Waals surface area contributed by atoms with Gasteiger partial charge in [0.2, 0.25) is 0 Å². The summed E-state index contributed by atoms with van der Waals surface area (Å²) in [5, 5.41) is 11.7.